The molecule has 1 aromatic carbocycles. The van der Waals surface area contributed by atoms with Gasteiger partial charge in [0.05, 0.1) is 5.54 Å². The van der Waals surface area contributed by atoms with Crippen LogP contribution in [0.3, 0.4) is 0 Å². The van der Waals surface area contributed by atoms with Crippen LogP contribution in [-0.2, 0) is 5.54 Å². The molecule has 0 spiro atoms. The van der Waals surface area contributed by atoms with Gasteiger partial charge in [-0.2, -0.15) is 11.8 Å². The Morgan fingerprint density at radius 3 is 2.90 bits per heavy atom. The van der Waals surface area contributed by atoms with E-state index in [2.05, 4.69) is 61.0 Å². The lowest BCUT2D eigenvalue weighted by molar-refractivity contribution is 0.101. The van der Waals surface area contributed by atoms with Gasteiger partial charge in [0.25, 0.3) is 0 Å². The highest BCUT2D eigenvalue weighted by molar-refractivity contribution is 7.99. The van der Waals surface area contributed by atoms with Crippen molar-refractivity contribution in [3.8, 4) is 0 Å². The molecule has 2 unspecified atom stereocenters. The Balaban J connectivity index is 1.98. The topological polar surface area (TPSA) is 15.3 Å². The highest BCUT2D eigenvalue weighted by Crippen LogP contribution is 2.26. The Hall–Kier alpha value is -0.770. The molecular formula is C17H26N2S. The predicted octanol–water partition coefficient (Wildman–Crippen LogP) is 3.11. The maximum atomic E-state index is 3.78. The van der Waals surface area contributed by atoms with Crippen LogP contribution in [0.15, 0.2) is 43.0 Å². The summed E-state index contributed by atoms with van der Waals surface area (Å²) in [4.78, 5) is 2.61. The second kappa shape index (κ2) is 7.30. The van der Waals surface area contributed by atoms with Crippen LogP contribution in [0, 0.1) is 0 Å². The second-order valence-electron chi connectivity index (χ2n) is 5.76. The van der Waals surface area contributed by atoms with Crippen molar-refractivity contribution in [2.45, 2.75) is 25.4 Å². The van der Waals surface area contributed by atoms with Gasteiger partial charge in [-0.1, -0.05) is 36.4 Å². The molecule has 2 nitrogen and oxygen atoms in total. The van der Waals surface area contributed by atoms with Gasteiger partial charge in [-0.3, -0.25) is 4.90 Å². The van der Waals surface area contributed by atoms with E-state index in [9.17, 15) is 0 Å². The third-order valence-electron chi connectivity index (χ3n) is 4.10. The maximum absolute atomic E-state index is 3.78. The summed E-state index contributed by atoms with van der Waals surface area (Å²) in [7, 11) is 0. The maximum Gasteiger partial charge on any atom is 0.0535 e. The Morgan fingerprint density at radius 2 is 2.20 bits per heavy atom. The molecule has 1 aliphatic rings. The average molecular weight is 290 g/mol. The molecule has 110 valence electrons. The summed E-state index contributed by atoms with van der Waals surface area (Å²) in [5.41, 5.74) is 1.45. The average Bonchev–Trinajstić information content (AvgIpc) is 2.48. The first-order valence-electron chi connectivity index (χ1n) is 7.39. The lowest BCUT2D eigenvalue weighted by atomic mass is 9.88. The smallest absolute Gasteiger partial charge is 0.0535 e. The van der Waals surface area contributed by atoms with E-state index in [0.29, 0.717) is 6.04 Å². The van der Waals surface area contributed by atoms with Crippen molar-refractivity contribution in [3.63, 3.8) is 0 Å². The van der Waals surface area contributed by atoms with E-state index >= 15 is 0 Å². The van der Waals surface area contributed by atoms with Gasteiger partial charge in [0.15, 0.2) is 0 Å². The number of thioether (sulfide) groups is 1. The monoisotopic (exact) mass is 290 g/mol. The van der Waals surface area contributed by atoms with Gasteiger partial charge in [0, 0.05) is 37.2 Å². The van der Waals surface area contributed by atoms with Crippen molar-refractivity contribution < 1.29 is 0 Å². The minimum atomic E-state index is 0.0663. The van der Waals surface area contributed by atoms with E-state index in [0.717, 1.165) is 25.4 Å². The molecule has 3 heteroatoms. The largest absolute Gasteiger partial charge is 0.305 e. The second-order valence-corrected chi connectivity index (χ2v) is 6.91. The van der Waals surface area contributed by atoms with Crippen molar-refractivity contribution in [1.29, 1.82) is 0 Å². The van der Waals surface area contributed by atoms with Gasteiger partial charge in [-0.25, -0.2) is 0 Å². The molecule has 1 N–H and O–H groups in total. The van der Waals surface area contributed by atoms with Crippen LogP contribution in [0.2, 0.25) is 0 Å². The third kappa shape index (κ3) is 3.87. The highest BCUT2D eigenvalue weighted by atomic mass is 32.2. The molecule has 20 heavy (non-hydrogen) atoms. The number of rotatable bonds is 6. The number of hydrogen-bond acceptors (Lipinski definition) is 3. The van der Waals surface area contributed by atoms with Crippen LogP contribution >= 0.6 is 11.8 Å². The number of nitrogens with zero attached hydrogens (tertiary/aromatic N) is 1. The number of piperazine rings is 1. The van der Waals surface area contributed by atoms with Crippen LogP contribution in [0.4, 0.5) is 0 Å². The first-order valence-corrected chi connectivity index (χ1v) is 8.54. The lowest BCUT2D eigenvalue weighted by Gasteiger charge is -2.45. The molecule has 1 fully saturated rings. The highest BCUT2D eigenvalue weighted by Gasteiger charge is 2.34. The van der Waals surface area contributed by atoms with Crippen molar-refractivity contribution in [2.75, 3.05) is 31.1 Å². The fraction of sp³-hybridized carbons (Fsp3) is 0.529. The minimum absolute atomic E-state index is 0.0663. The first kappa shape index (κ1) is 15.6. The number of benzene rings is 1. The molecule has 2 rings (SSSR count). The van der Waals surface area contributed by atoms with E-state index in [1.807, 2.05) is 17.8 Å². The van der Waals surface area contributed by atoms with Gasteiger partial charge >= 0.3 is 0 Å². The molecule has 1 aromatic rings. The third-order valence-corrected chi connectivity index (χ3v) is 5.04. The summed E-state index contributed by atoms with van der Waals surface area (Å²) in [6, 6.07) is 11.4. The fourth-order valence-corrected chi connectivity index (χ4v) is 3.46. The number of nitrogens with one attached hydrogen (secondary N) is 1. The normalized spacial score (nSPS) is 27.4. The molecule has 1 saturated heterocycles. The molecule has 1 heterocycles. The van der Waals surface area contributed by atoms with Gasteiger partial charge in [-0.05, 0) is 19.4 Å². The van der Waals surface area contributed by atoms with Gasteiger partial charge in [0.1, 0.15) is 0 Å². The summed E-state index contributed by atoms with van der Waals surface area (Å²) in [5.74, 6) is 2.23. The quantitative estimate of drug-likeness (QED) is 0.640. The first-order chi connectivity index (χ1) is 9.65. The zero-order valence-corrected chi connectivity index (χ0v) is 13.5. The molecular weight excluding hydrogens is 264 g/mol. The van der Waals surface area contributed by atoms with Crippen LogP contribution in [-0.4, -0.2) is 42.1 Å². The summed E-state index contributed by atoms with van der Waals surface area (Å²) >= 11 is 1.96. The molecule has 0 saturated carbocycles. The van der Waals surface area contributed by atoms with Crippen molar-refractivity contribution in [3.05, 3.63) is 48.6 Å². The van der Waals surface area contributed by atoms with Crippen molar-refractivity contribution in [2.24, 2.45) is 0 Å². The Kier molecular flexibility index (Phi) is 5.70. The molecule has 0 aromatic heterocycles. The van der Waals surface area contributed by atoms with Gasteiger partial charge < -0.3 is 5.32 Å². The van der Waals surface area contributed by atoms with E-state index in [4.69, 9.17) is 0 Å². The van der Waals surface area contributed by atoms with Gasteiger partial charge in [0.2, 0.25) is 0 Å². The van der Waals surface area contributed by atoms with E-state index in [-0.39, 0.29) is 5.54 Å². The van der Waals surface area contributed by atoms with Crippen LogP contribution in [0.25, 0.3) is 0 Å². The van der Waals surface area contributed by atoms with Crippen molar-refractivity contribution >= 4 is 11.8 Å². The molecule has 2 atom stereocenters. The molecule has 0 amide bonds. The molecule has 0 radical (unpaired) electrons. The standard InChI is InChI=1S/C17H26N2S/c1-4-11-20-12-10-19-14-17(3,18-13-15(19)2)16-8-6-5-7-9-16/h4-9,15,18H,1,10-14H2,2-3H3. The Labute approximate surface area is 127 Å². The lowest BCUT2D eigenvalue weighted by Crippen LogP contribution is -2.60. The fourth-order valence-electron chi connectivity index (χ4n) is 2.77. The zero-order valence-electron chi connectivity index (χ0n) is 12.6. The molecule has 1 aliphatic heterocycles. The van der Waals surface area contributed by atoms with E-state index in [1.165, 1.54) is 11.3 Å². The summed E-state index contributed by atoms with van der Waals surface area (Å²) in [6.07, 6.45) is 1.99. The van der Waals surface area contributed by atoms with Gasteiger partial charge in [-0.15, -0.1) is 6.58 Å². The molecule has 0 aliphatic carbocycles. The number of hydrogen-bond donors (Lipinski definition) is 1. The summed E-state index contributed by atoms with van der Waals surface area (Å²) in [6.45, 7) is 11.7. The van der Waals surface area contributed by atoms with Crippen LogP contribution < -0.4 is 5.32 Å². The van der Waals surface area contributed by atoms with Crippen molar-refractivity contribution in [1.82, 2.24) is 10.2 Å². The van der Waals surface area contributed by atoms with E-state index < -0.39 is 0 Å². The van der Waals surface area contributed by atoms with Crippen LogP contribution in [0.5, 0.6) is 0 Å². The zero-order chi connectivity index (χ0) is 14.4. The Morgan fingerprint density at radius 1 is 1.45 bits per heavy atom. The predicted molar refractivity (Wildman–Crippen MR) is 90.4 cm³/mol. The molecule has 0 bridgehead atoms. The summed E-state index contributed by atoms with van der Waals surface area (Å²) < 4.78 is 0. The summed E-state index contributed by atoms with van der Waals surface area (Å²) in [5, 5.41) is 3.73. The minimum Gasteiger partial charge on any atom is -0.305 e. The van der Waals surface area contributed by atoms with Crippen LogP contribution in [0.1, 0.15) is 19.4 Å². The SMILES string of the molecule is C=CCSCCN1CC(C)(c2ccccc2)NCC1C. The Bertz CT molecular complexity index is 420. The van der Waals surface area contributed by atoms with E-state index in [1.54, 1.807) is 0 Å².